The van der Waals surface area contributed by atoms with Crippen LogP contribution in [-0.2, 0) is 9.59 Å². The minimum Gasteiger partial charge on any atom is -0.383 e. The average Bonchev–Trinajstić information content (AvgIpc) is 2.28. The molecule has 1 amide bonds. The van der Waals surface area contributed by atoms with Crippen LogP contribution >= 0.6 is 0 Å². The van der Waals surface area contributed by atoms with E-state index in [0.29, 0.717) is 6.29 Å². The molecule has 0 aliphatic heterocycles. The van der Waals surface area contributed by atoms with Gasteiger partial charge in [-0.2, -0.15) is 0 Å². The van der Waals surface area contributed by atoms with Crippen molar-refractivity contribution in [3.63, 3.8) is 0 Å². The van der Waals surface area contributed by atoms with Crippen molar-refractivity contribution in [1.82, 2.24) is 4.90 Å². The van der Waals surface area contributed by atoms with E-state index in [2.05, 4.69) is 5.32 Å². The van der Waals surface area contributed by atoms with Gasteiger partial charge in [-0.3, -0.25) is 9.59 Å². The number of halogens is 1. The Kier molecular flexibility index (Phi) is 4.39. The van der Waals surface area contributed by atoms with Crippen LogP contribution in [0, 0.1) is 5.82 Å². The molecule has 90 valence electrons. The van der Waals surface area contributed by atoms with Crippen LogP contribution in [0.2, 0.25) is 0 Å². The molecule has 5 heteroatoms. The molecule has 0 saturated carbocycles. The van der Waals surface area contributed by atoms with Gasteiger partial charge < -0.3 is 10.2 Å². The van der Waals surface area contributed by atoms with E-state index < -0.39 is 11.7 Å². The Hall–Kier alpha value is -2.17. The van der Waals surface area contributed by atoms with E-state index in [1.807, 2.05) is 0 Å². The number of amides is 1. The van der Waals surface area contributed by atoms with Crippen LogP contribution in [0.15, 0.2) is 36.0 Å². The Bertz CT molecular complexity index is 456. The Morgan fingerprint density at radius 3 is 2.53 bits per heavy atom. The summed E-state index contributed by atoms with van der Waals surface area (Å²) < 4.78 is 13.2. The third kappa shape index (κ3) is 3.71. The maximum atomic E-state index is 13.2. The topological polar surface area (TPSA) is 49.4 Å². The Balaban J connectivity index is 2.85. The zero-order chi connectivity index (χ0) is 12.8. The largest absolute Gasteiger partial charge is 0.383 e. The maximum Gasteiger partial charge on any atom is 0.260 e. The summed E-state index contributed by atoms with van der Waals surface area (Å²) in [5.41, 5.74) is -0.0257. The standard InChI is InChI=1S/C12H13FN2O2/c1-15(2)7-9(8-16)12(17)14-11-6-4-3-5-10(11)13/h3-8H,1-2H3,(H,14,17)/b9-7+. The highest BCUT2D eigenvalue weighted by molar-refractivity contribution is 6.16. The quantitative estimate of drug-likeness (QED) is 0.372. The number of hydrogen-bond acceptors (Lipinski definition) is 3. The van der Waals surface area contributed by atoms with Gasteiger partial charge >= 0.3 is 0 Å². The van der Waals surface area contributed by atoms with Gasteiger partial charge in [0.15, 0.2) is 6.29 Å². The van der Waals surface area contributed by atoms with Gasteiger partial charge in [0.1, 0.15) is 5.82 Å². The van der Waals surface area contributed by atoms with E-state index in [-0.39, 0.29) is 11.3 Å². The monoisotopic (exact) mass is 236 g/mol. The third-order valence-corrected chi connectivity index (χ3v) is 1.91. The Morgan fingerprint density at radius 2 is 2.00 bits per heavy atom. The first-order chi connectivity index (χ1) is 8.04. The molecule has 0 aromatic heterocycles. The maximum absolute atomic E-state index is 13.2. The fourth-order valence-electron chi connectivity index (χ4n) is 1.18. The number of hydrogen-bond donors (Lipinski definition) is 1. The zero-order valence-corrected chi connectivity index (χ0v) is 9.61. The number of benzene rings is 1. The van der Waals surface area contributed by atoms with E-state index in [1.165, 1.54) is 24.4 Å². The van der Waals surface area contributed by atoms with Crippen LogP contribution < -0.4 is 5.32 Å². The number of carbonyl (C=O) groups excluding carboxylic acids is 2. The van der Waals surface area contributed by atoms with Crippen molar-refractivity contribution in [2.75, 3.05) is 19.4 Å². The van der Waals surface area contributed by atoms with E-state index in [4.69, 9.17) is 0 Å². The lowest BCUT2D eigenvalue weighted by atomic mass is 10.2. The van der Waals surface area contributed by atoms with Crippen molar-refractivity contribution in [1.29, 1.82) is 0 Å². The second-order valence-corrected chi connectivity index (χ2v) is 3.60. The van der Waals surface area contributed by atoms with Gasteiger partial charge in [0.25, 0.3) is 5.91 Å². The summed E-state index contributed by atoms with van der Waals surface area (Å²) in [6.07, 6.45) is 1.79. The lowest BCUT2D eigenvalue weighted by Gasteiger charge is -2.08. The Labute approximate surface area is 98.7 Å². The van der Waals surface area contributed by atoms with Crippen LogP contribution in [0.1, 0.15) is 0 Å². The molecule has 0 heterocycles. The molecular formula is C12H13FN2O2. The van der Waals surface area contributed by atoms with Gasteiger partial charge in [0, 0.05) is 20.3 Å². The Morgan fingerprint density at radius 1 is 1.35 bits per heavy atom. The van der Waals surface area contributed by atoms with Crippen molar-refractivity contribution in [2.24, 2.45) is 0 Å². The predicted octanol–water partition coefficient (Wildman–Crippen LogP) is 1.41. The van der Waals surface area contributed by atoms with Gasteiger partial charge in [0.05, 0.1) is 11.3 Å². The molecule has 17 heavy (non-hydrogen) atoms. The first-order valence-electron chi connectivity index (χ1n) is 4.94. The third-order valence-electron chi connectivity index (χ3n) is 1.91. The molecule has 0 fully saturated rings. The van der Waals surface area contributed by atoms with Gasteiger partial charge in [-0.25, -0.2) is 4.39 Å². The number of nitrogens with zero attached hydrogens (tertiary/aromatic N) is 1. The number of anilines is 1. The first kappa shape index (κ1) is 12.9. The fourth-order valence-corrected chi connectivity index (χ4v) is 1.18. The lowest BCUT2D eigenvalue weighted by Crippen LogP contribution is -2.18. The summed E-state index contributed by atoms with van der Waals surface area (Å²) in [7, 11) is 3.36. The fraction of sp³-hybridized carbons (Fsp3) is 0.167. The minimum absolute atomic E-state index is 0.0454. The highest BCUT2D eigenvalue weighted by Crippen LogP contribution is 2.13. The summed E-state index contributed by atoms with van der Waals surface area (Å²) in [6, 6.07) is 5.76. The second kappa shape index (κ2) is 5.79. The molecule has 1 rings (SSSR count). The summed E-state index contributed by atoms with van der Waals surface area (Å²) in [5.74, 6) is -1.19. The van der Waals surface area contributed by atoms with Crippen LogP contribution in [0.25, 0.3) is 0 Å². The summed E-state index contributed by atoms with van der Waals surface area (Å²) in [5, 5.41) is 2.33. The van der Waals surface area contributed by atoms with E-state index in [1.54, 1.807) is 25.1 Å². The van der Waals surface area contributed by atoms with Gasteiger partial charge in [-0.05, 0) is 12.1 Å². The van der Waals surface area contributed by atoms with E-state index in [9.17, 15) is 14.0 Å². The molecule has 1 N–H and O–H groups in total. The van der Waals surface area contributed by atoms with Gasteiger partial charge in [0.2, 0.25) is 0 Å². The first-order valence-corrected chi connectivity index (χ1v) is 4.94. The van der Waals surface area contributed by atoms with Gasteiger partial charge in [-0.1, -0.05) is 12.1 Å². The predicted molar refractivity (Wildman–Crippen MR) is 62.9 cm³/mol. The van der Waals surface area contributed by atoms with Crippen molar-refractivity contribution >= 4 is 17.9 Å². The summed E-state index contributed by atoms with van der Waals surface area (Å²) in [4.78, 5) is 23.9. The van der Waals surface area contributed by atoms with Crippen molar-refractivity contribution in [3.8, 4) is 0 Å². The van der Waals surface area contributed by atoms with Gasteiger partial charge in [-0.15, -0.1) is 0 Å². The number of aldehydes is 1. The minimum atomic E-state index is -0.640. The molecule has 4 nitrogen and oxygen atoms in total. The average molecular weight is 236 g/mol. The summed E-state index contributed by atoms with van der Waals surface area (Å²) in [6.45, 7) is 0. The molecule has 0 aliphatic carbocycles. The normalized spacial score (nSPS) is 10.9. The number of para-hydroxylation sites is 1. The van der Waals surface area contributed by atoms with Crippen LogP contribution in [0.3, 0.4) is 0 Å². The highest BCUT2D eigenvalue weighted by atomic mass is 19.1. The second-order valence-electron chi connectivity index (χ2n) is 3.60. The molecule has 0 bridgehead atoms. The smallest absolute Gasteiger partial charge is 0.260 e. The SMILES string of the molecule is CN(C)/C=C(\C=O)C(=O)Nc1ccccc1F. The van der Waals surface area contributed by atoms with E-state index in [0.717, 1.165) is 0 Å². The molecule has 0 saturated heterocycles. The number of carbonyl (C=O) groups is 2. The number of nitrogens with one attached hydrogen (secondary N) is 1. The molecule has 0 atom stereocenters. The molecular weight excluding hydrogens is 223 g/mol. The van der Waals surface area contributed by atoms with Crippen molar-refractivity contribution < 1.29 is 14.0 Å². The zero-order valence-electron chi connectivity index (χ0n) is 9.61. The molecule has 0 spiro atoms. The lowest BCUT2D eigenvalue weighted by molar-refractivity contribution is -0.115. The highest BCUT2D eigenvalue weighted by Gasteiger charge is 2.11. The van der Waals surface area contributed by atoms with Crippen LogP contribution in [0.5, 0.6) is 0 Å². The molecule has 0 unspecified atom stereocenters. The van der Waals surface area contributed by atoms with Crippen molar-refractivity contribution in [3.05, 3.63) is 41.9 Å². The molecule has 1 aromatic carbocycles. The van der Waals surface area contributed by atoms with Crippen LogP contribution in [-0.4, -0.2) is 31.2 Å². The molecule has 1 aromatic rings. The van der Waals surface area contributed by atoms with Crippen molar-refractivity contribution in [2.45, 2.75) is 0 Å². The van der Waals surface area contributed by atoms with E-state index >= 15 is 0 Å². The molecule has 0 radical (unpaired) electrons. The number of rotatable bonds is 4. The van der Waals surface area contributed by atoms with Crippen LogP contribution in [0.4, 0.5) is 10.1 Å². The molecule has 0 aliphatic rings. The summed E-state index contributed by atoms with van der Waals surface area (Å²) >= 11 is 0.